The summed E-state index contributed by atoms with van der Waals surface area (Å²) in [4.78, 5) is 0. The van der Waals surface area contributed by atoms with Crippen LogP contribution in [0.1, 0.15) is 49.3 Å². The molecule has 0 radical (unpaired) electrons. The number of ether oxygens (including phenoxy) is 1. The molecule has 2 nitrogen and oxygen atoms in total. The van der Waals surface area contributed by atoms with Crippen LogP contribution in [0.2, 0.25) is 0 Å². The quantitative estimate of drug-likeness (QED) is 0.894. The molecule has 1 fully saturated rings. The number of benzene rings is 1. The molecule has 0 saturated heterocycles. The summed E-state index contributed by atoms with van der Waals surface area (Å²) >= 11 is 3.54. The summed E-state index contributed by atoms with van der Waals surface area (Å²) in [6.07, 6.45) is 6.69. The summed E-state index contributed by atoms with van der Waals surface area (Å²) in [7, 11) is 0. The molecule has 1 aromatic rings. The number of hydrogen-bond donors (Lipinski definition) is 1. The average molecular weight is 311 g/mol. The minimum absolute atomic E-state index is 0.366. The van der Waals surface area contributed by atoms with Crippen LogP contribution in [0.25, 0.3) is 0 Å². The summed E-state index contributed by atoms with van der Waals surface area (Å²) in [5, 5.41) is 10.6. The van der Waals surface area contributed by atoms with E-state index in [1.165, 1.54) is 24.8 Å². The summed E-state index contributed by atoms with van der Waals surface area (Å²) in [6, 6.07) is 4.14. The first-order valence-corrected chi connectivity index (χ1v) is 7.68. The van der Waals surface area contributed by atoms with Gasteiger partial charge in [0.25, 0.3) is 0 Å². The van der Waals surface area contributed by atoms with Gasteiger partial charge < -0.3 is 9.84 Å². The van der Waals surface area contributed by atoms with Crippen LogP contribution in [0.4, 0.5) is 0 Å². The van der Waals surface area contributed by atoms with Crippen LogP contribution in [0.3, 0.4) is 0 Å². The normalized spacial score (nSPS) is 21.4. The van der Waals surface area contributed by atoms with Gasteiger partial charge in [-0.25, -0.2) is 0 Å². The molecule has 0 spiro atoms. The molecular weight excluding hydrogens is 292 g/mol. The Kier molecular flexibility index (Phi) is 3.62. The fraction of sp³-hybridized carbons (Fsp3) is 0.600. The third kappa shape index (κ3) is 2.30. The summed E-state index contributed by atoms with van der Waals surface area (Å²) in [5.74, 6) is 1.35. The summed E-state index contributed by atoms with van der Waals surface area (Å²) in [5.41, 5.74) is 2.22. The number of halogens is 1. The van der Waals surface area contributed by atoms with E-state index in [2.05, 4.69) is 22.0 Å². The van der Waals surface area contributed by atoms with Crippen molar-refractivity contribution in [3.05, 3.63) is 27.7 Å². The first-order chi connectivity index (χ1) is 8.75. The molecule has 3 rings (SSSR count). The number of aliphatic hydroxyl groups is 1. The van der Waals surface area contributed by atoms with Crippen molar-refractivity contribution in [2.24, 2.45) is 5.92 Å². The van der Waals surface area contributed by atoms with Gasteiger partial charge in [-0.1, -0.05) is 35.2 Å². The molecule has 1 aliphatic heterocycles. The van der Waals surface area contributed by atoms with Crippen LogP contribution in [0.5, 0.6) is 5.75 Å². The van der Waals surface area contributed by atoms with Crippen LogP contribution in [0.15, 0.2) is 16.6 Å². The average Bonchev–Trinajstić information content (AvgIpc) is 2.86. The molecule has 0 bridgehead atoms. The molecule has 3 heteroatoms. The van der Waals surface area contributed by atoms with E-state index in [-0.39, 0.29) is 6.10 Å². The van der Waals surface area contributed by atoms with Crippen LogP contribution in [-0.2, 0) is 6.42 Å². The van der Waals surface area contributed by atoms with Crippen molar-refractivity contribution in [3.63, 3.8) is 0 Å². The molecule has 98 valence electrons. The zero-order valence-corrected chi connectivity index (χ0v) is 12.1. The minimum Gasteiger partial charge on any atom is -0.493 e. The van der Waals surface area contributed by atoms with Gasteiger partial charge in [0, 0.05) is 16.5 Å². The molecule has 0 amide bonds. The van der Waals surface area contributed by atoms with Crippen LogP contribution in [-0.4, -0.2) is 11.7 Å². The van der Waals surface area contributed by atoms with Crippen molar-refractivity contribution in [1.82, 2.24) is 0 Å². The SMILES string of the molecule is OC(c1cc(Br)cc2c1OCC2)C1CCCCC1. The maximum Gasteiger partial charge on any atom is 0.128 e. The highest BCUT2D eigenvalue weighted by molar-refractivity contribution is 9.10. The molecule has 1 unspecified atom stereocenters. The Morgan fingerprint density at radius 3 is 2.78 bits per heavy atom. The fourth-order valence-corrected chi connectivity index (χ4v) is 3.74. The zero-order chi connectivity index (χ0) is 12.5. The lowest BCUT2D eigenvalue weighted by molar-refractivity contribution is 0.0823. The van der Waals surface area contributed by atoms with Crippen LogP contribution >= 0.6 is 15.9 Å². The smallest absolute Gasteiger partial charge is 0.128 e. The second-order valence-electron chi connectivity index (χ2n) is 5.42. The van der Waals surface area contributed by atoms with Gasteiger partial charge in [-0.2, -0.15) is 0 Å². The topological polar surface area (TPSA) is 29.5 Å². The Morgan fingerprint density at radius 2 is 2.00 bits per heavy atom. The third-order valence-corrected chi connectivity index (χ3v) is 4.65. The molecule has 1 heterocycles. The minimum atomic E-state index is -0.366. The van der Waals surface area contributed by atoms with Gasteiger partial charge in [0.2, 0.25) is 0 Å². The second-order valence-corrected chi connectivity index (χ2v) is 6.34. The number of fused-ring (bicyclic) bond motifs is 1. The predicted octanol–water partition coefficient (Wildman–Crippen LogP) is 4.00. The Morgan fingerprint density at radius 1 is 1.22 bits per heavy atom. The zero-order valence-electron chi connectivity index (χ0n) is 10.5. The van der Waals surface area contributed by atoms with E-state index in [1.807, 2.05) is 6.07 Å². The van der Waals surface area contributed by atoms with Crippen molar-refractivity contribution < 1.29 is 9.84 Å². The maximum atomic E-state index is 10.6. The Balaban J connectivity index is 1.91. The van der Waals surface area contributed by atoms with Gasteiger partial charge in [0.05, 0.1) is 12.7 Å². The summed E-state index contributed by atoms with van der Waals surface area (Å²) < 4.78 is 6.77. The molecule has 0 aromatic heterocycles. The number of aliphatic hydroxyl groups excluding tert-OH is 1. The third-order valence-electron chi connectivity index (χ3n) is 4.19. The largest absolute Gasteiger partial charge is 0.493 e. The molecule has 1 N–H and O–H groups in total. The molecule has 18 heavy (non-hydrogen) atoms. The van der Waals surface area contributed by atoms with Gasteiger partial charge in [-0.3, -0.25) is 0 Å². The van der Waals surface area contributed by atoms with Gasteiger partial charge in [-0.15, -0.1) is 0 Å². The van der Waals surface area contributed by atoms with Gasteiger partial charge >= 0.3 is 0 Å². The van der Waals surface area contributed by atoms with E-state index in [0.717, 1.165) is 41.7 Å². The molecule has 1 aromatic carbocycles. The van der Waals surface area contributed by atoms with Gasteiger partial charge in [0.1, 0.15) is 5.75 Å². The maximum absolute atomic E-state index is 10.6. The highest BCUT2D eigenvalue weighted by Gasteiger charge is 2.28. The fourth-order valence-electron chi connectivity index (χ4n) is 3.22. The molecule has 1 aliphatic carbocycles. The van der Waals surface area contributed by atoms with E-state index < -0.39 is 0 Å². The first kappa shape index (κ1) is 12.5. The summed E-state index contributed by atoms with van der Waals surface area (Å²) in [6.45, 7) is 0.746. The van der Waals surface area contributed by atoms with Crippen LogP contribution in [0, 0.1) is 5.92 Å². The number of hydrogen-bond acceptors (Lipinski definition) is 2. The molecule has 1 saturated carbocycles. The van der Waals surface area contributed by atoms with E-state index in [9.17, 15) is 5.11 Å². The standard InChI is InChI=1S/C15H19BrO2/c16-12-8-11-6-7-18-15(11)13(9-12)14(17)10-4-2-1-3-5-10/h8-10,14,17H,1-7H2. The molecule has 2 aliphatic rings. The lowest BCUT2D eigenvalue weighted by Gasteiger charge is -2.27. The highest BCUT2D eigenvalue weighted by atomic mass is 79.9. The first-order valence-electron chi connectivity index (χ1n) is 6.89. The lowest BCUT2D eigenvalue weighted by atomic mass is 9.82. The Hall–Kier alpha value is -0.540. The Labute approximate surface area is 116 Å². The second kappa shape index (κ2) is 5.22. The van der Waals surface area contributed by atoms with Crippen LogP contribution < -0.4 is 4.74 Å². The van der Waals surface area contributed by atoms with Crippen molar-refractivity contribution in [2.75, 3.05) is 6.61 Å². The monoisotopic (exact) mass is 310 g/mol. The van der Waals surface area contributed by atoms with Crippen molar-refractivity contribution >= 4 is 15.9 Å². The van der Waals surface area contributed by atoms with E-state index >= 15 is 0 Å². The van der Waals surface area contributed by atoms with Crippen molar-refractivity contribution in [2.45, 2.75) is 44.6 Å². The van der Waals surface area contributed by atoms with E-state index in [1.54, 1.807) is 0 Å². The van der Waals surface area contributed by atoms with Crippen molar-refractivity contribution in [3.8, 4) is 5.75 Å². The van der Waals surface area contributed by atoms with E-state index in [4.69, 9.17) is 4.74 Å². The molecular formula is C15H19BrO2. The highest BCUT2D eigenvalue weighted by Crippen LogP contribution is 2.42. The Bertz CT molecular complexity index is 438. The van der Waals surface area contributed by atoms with Gasteiger partial charge in [-0.05, 0) is 36.5 Å². The van der Waals surface area contributed by atoms with Gasteiger partial charge in [0.15, 0.2) is 0 Å². The van der Waals surface area contributed by atoms with E-state index in [0.29, 0.717) is 5.92 Å². The predicted molar refractivity (Wildman–Crippen MR) is 74.9 cm³/mol. The number of rotatable bonds is 2. The van der Waals surface area contributed by atoms with Crippen molar-refractivity contribution in [1.29, 1.82) is 0 Å². The molecule has 1 atom stereocenters. The lowest BCUT2D eigenvalue weighted by Crippen LogP contribution is -2.16.